The van der Waals surface area contributed by atoms with E-state index in [1.54, 1.807) is 30.1 Å². The molecule has 1 unspecified atom stereocenters. The summed E-state index contributed by atoms with van der Waals surface area (Å²) in [5, 5.41) is 17.1. The van der Waals surface area contributed by atoms with Gasteiger partial charge in [0.25, 0.3) is 0 Å². The lowest BCUT2D eigenvalue weighted by molar-refractivity contribution is -0.123. The molecule has 10 heteroatoms. The number of nitrogens with zero attached hydrogens (tertiary/aromatic N) is 6. The summed E-state index contributed by atoms with van der Waals surface area (Å²) in [6.07, 6.45) is 6.94. The van der Waals surface area contributed by atoms with E-state index in [0.29, 0.717) is 42.2 Å². The standard InChI is InChI=1S/C31H33N7O3/c1-31(2,3)18-41-22-9-23(29-21(10-32)14-36-38(29)15-22)20-6-7-26(33-13-20)37-16-24-25(17-37)28(24)30(39)35-12-19-5-8-27(40-4)34-11-19/h5-9,11,13-15,24-25,28H,12,16-18H2,1-4H3,(H,35,39)/t24-,25+,28?. The van der Waals surface area contributed by atoms with E-state index in [1.165, 1.54) is 0 Å². The number of rotatable bonds is 8. The second kappa shape index (κ2) is 10.4. The van der Waals surface area contributed by atoms with Crippen molar-refractivity contribution in [2.75, 3.05) is 31.7 Å². The number of pyridine rings is 3. The molecule has 1 aliphatic heterocycles. The van der Waals surface area contributed by atoms with E-state index in [9.17, 15) is 10.1 Å². The van der Waals surface area contributed by atoms with Crippen molar-refractivity contribution < 1.29 is 14.3 Å². The summed E-state index contributed by atoms with van der Waals surface area (Å²) in [5.74, 6) is 2.95. The number of fused-ring (bicyclic) bond motifs is 2. The van der Waals surface area contributed by atoms with Gasteiger partial charge in [-0.25, -0.2) is 14.5 Å². The van der Waals surface area contributed by atoms with Gasteiger partial charge in [0.15, 0.2) is 0 Å². The molecule has 1 saturated carbocycles. The van der Waals surface area contributed by atoms with Crippen molar-refractivity contribution in [3.05, 3.63) is 66.2 Å². The molecule has 41 heavy (non-hydrogen) atoms. The number of nitrogens with one attached hydrogen (secondary N) is 1. The first-order chi connectivity index (χ1) is 19.7. The van der Waals surface area contributed by atoms with Crippen LogP contribution in [0.4, 0.5) is 5.82 Å². The van der Waals surface area contributed by atoms with Gasteiger partial charge in [-0.1, -0.05) is 26.8 Å². The quantitative estimate of drug-likeness (QED) is 0.348. The Morgan fingerprint density at radius 2 is 1.93 bits per heavy atom. The summed E-state index contributed by atoms with van der Waals surface area (Å²) in [4.78, 5) is 24.0. The van der Waals surface area contributed by atoms with Gasteiger partial charge in [0.05, 0.1) is 37.2 Å². The Morgan fingerprint density at radius 1 is 1.12 bits per heavy atom. The topological polar surface area (TPSA) is 118 Å². The molecule has 0 aromatic carbocycles. The van der Waals surface area contributed by atoms with Crippen molar-refractivity contribution in [2.24, 2.45) is 23.2 Å². The van der Waals surface area contributed by atoms with Gasteiger partial charge in [0, 0.05) is 55.1 Å². The van der Waals surface area contributed by atoms with Crippen molar-refractivity contribution in [3.8, 4) is 28.8 Å². The minimum Gasteiger partial charge on any atom is -0.491 e. The fourth-order valence-electron chi connectivity index (χ4n) is 5.56. The minimum absolute atomic E-state index is 0.00436. The van der Waals surface area contributed by atoms with Crippen LogP contribution in [0.1, 0.15) is 31.9 Å². The monoisotopic (exact) mass is 551 g/mol. The third-order valence-electron chi connectivity index (χ3n) is 7.73. The predicted molar refractivity (Wildman–Crippen MR) is 153 cm³/mol. The van der Waals surface area contributed by atoms with Crippen molar-refractivity contribution in [2.45, 2.75) is 27.3 Å². The number of carbonyl (C=O) groups is 1. The summed E-state index contributed by atoms with van der Waals surface area (Å²) < 4.78 is 12.9. The van der Waals surface area contributed by atoms with Gasteiger partial charge < -0.3 is 19.7 Å². The van der Waals surface area contributed by atoms with Gasteiger partial charge in [0.1, 0.15) is 17.6 Å². The molecule has 1 aliphatic carbocycles. The zero-order valence-corrected chi connectivity index (χ0v) is 23.7. The Hall–Kier alpha value is -4.65. The van der Waals surface area contributed by atoms with Gasteiger partial charge in [-0.05, 0) is 41.0 Å². The third kappa shape index (κ3) is 5.40. The van der Waals surface area contributed by atoms with Crippen molar-refractivity contribution in [1.82, 2.24) is 24.9 Å². The van der Waals surface area contributed by atoms with Crippen molar-refractivity contribution in [3.63, 3.8) is 0 Å². The smallest absolute Gasteiger partial charge is 0.224 e. The number of anilines is 1. The first-order valence-corrected chi connectivity index (χ1v) is 13.8. The van der Waals surface area contributed by atoms with E-state index in [1.807, 2.05) is 36.7 Å². The number of ether oxygens (including phenoxy) is 2. The molecule has 0 spiro atoms. The fourth-order valence-corrected chi connectivity index (χ4v) is 5.56. The number of hydrogen-bond acceptors (Lipinski definition) is 8. The van der Waals surface area contributed by atoms with Crippen molar-refractivity contribution in [1.29, 1.82) is 5.26 Å². The van der Waals surface area contributed by atoms with E-state index in [0.717, 1.165) is 41.1 Å². The molecule has 10 nitrogen and oxygen atoms in total. The molecule has 0 radical (unpaired) electrons. The third-order valence-corrected chi connectivity index (χ3v) is 7.73. The first kappa shape index (κ1) is 26.6. The zero-order valence-electron chi connectivity index (χ0n) is 23.7. The molecule has 2 fully saturated rings. The molecule has 5 heterocycles. The number of amides is 1. The highest BCUT2D eigenvalue weighted by Gasteiger charge is 2.59. The average Bonchev–Trinajstić information content (AvgIpc) is 3.28. The number of methoxy groups -OCH3 is 1. The lowest BCUT2D eigenvalue weighted by atomic mass is 9.99. The molecule has 2 aliphatic rings. The molecular formula is C31H33N7O3. The van der Waals surface area contributed by atoms with Gasteiger partial charge in [-0.2, -0.15) is 10.4 Å². The normalized spacial score (nSPS) is 19.5. The van der Waals surface area contributed by atoms with Gasteiger partial charge in [-0.3, -0.25) is 4.79 Å². The second-order valence-corrected chi connectivity index (χ2v) is 12.0. The summed E-state index contributed by atoms with van der Waals surface area (Å²) in [7, 11) is 1.58. The van der Waals surface area contributed by atoms with Gasteiger partial charge >= 0.3 is 0 Å². The molecule has 4 aromatic rings. The maximum Gasteiger partial charge on any atom is 0.224 e. The molecule has 3 atom stereocenters. The molecule has 1 N–H and O–H groups in total. The summed E-state index contributed by atoms with van der Waals surface area (Å²) in [6.45, 7) is 8.98. The molecule has 6 rings (SSSR count). The Morgan fingerprint density at radius 3 is 2.56 bits per heavy atom. The minimum atomic E-state index is 0.00436. The van der Waals surface area contributed by atoms with E-state index in [4.69, 9.17) is 14.5 Å². The zero-order chi connectivity index (χ0) is 28.7. The Kier molecular flexibility index (Phi) is 6.73. The van der Waals surface area contributed by atoms with Crippen LogP contribution in [-0.2, 0) is 11.3 Å². The van der Waals surface area contributed by atoms with Crippen LogP contribution >= 0.6 is 0 Å². The van der Waals surface area contributed by atoms with Gasteiger partial charge in [-0.15, -0.1) is 0 Å². The van der Waals surface area contributed by atoms with Crippen molar-refractivity contribution >= 4 is 17.2 Å². The molecule has 210 valence electrons. The lowest BCUT2D eigenvalue weighted by Gasteiger charge is -2.21. The summed E-state index contributed by atoms with van der Waals surface area (Å²) in [6, 6.07) is 11.9. The Bertz CT molecular complexity index is 1610. The first-order valence-electron chi connectivity index (χ1n) is 13.8. The number of nitriles is 1. The van der Waals surface area contributed by atoms with Crippen LogP contribution < -0.4 is 19.7 Å². The van der Waals surface area contributed by atoms with E-state index < -0.39 is 0 Å². The summed E-state index contributed by atoms with van der Waals surface area (Å²) >= 11 is 0. The highest BCUT2D eigenvalue weighted by Crippen LogP contribution is 2.52. The number of piperidine rings is 1. The van der Waals surface area contributed by atoms with Crippen LogP contribution in [0.2, 0.25) is 0 Å². The Labute approximate surface area is 238 Å². The molecule has 1 saturated heterocycles. The maximum absolute atomic E-state index is 12.8. The van der Waals surface area contributed by atoms with E-state index >= 15 is 0 Å². The van der Waals surface area contributed by atoms with Gasteiger partial charge in [0.2, 0.25) is 11.8 Å². The predicted octanol–water partition coefficient (Wildman–Crippen LogP) is 4.10. The maximum atomic E-state index is 12.8. The summed E-state index contributed by atoms with van der Waals surface area (Å²) in [5.41, 5.74) is 3.90. The molecular weight excluding hydrogens is 518 g/mol. The average molecular weight is 552 g/mol. The van der Waals surface area contributed by atoms with Crippen LogP contribution in [0.15, 0.2) is 55.1 Å². The number of hydrogen-bond donors (Lipinski definition) is 1. The molecule has 0 bridgehead atoms. The van der Waals surface area contributed by atoms with Crippen LogP contribution in [-0.4, -0.2) is 52.3 Å². The largest absolute Gasteiger partial charge is 0.491 e. The van der Waals surface area contributed by atoms with Crippen LogP contribution in [0.5, 0.6) is 11.6 Å². The molecule has 4 aromatic heterocycles. The number of aromatic nitrogens is 4. The molecule has 1 amide bonds. The lowest BCUT2D eigenvalue weighted by Crippen LogP contribution is -2.31. The van der Waals surface area contributed by atoms with Crippen LogP contribution in [0.25, 0.3) is 16.6 Å². The number of carbonyl (C=O) groups excluding carboxylic acids is 1. The van der Waals surface area contributed by atoms with E-state index in [-0.39, 0.29) is 17.2 Å². The van der Waals surface area contributed by atoms with E-state index in [2.05, 4.69) is 47.1 Å². The highest BCUT2D eigenvalue weighted by molar-refractivity contribution is 5.85. The van der Waals surface area contributed by atoms with Crippen LogP contribution in [0, 0.1) is 34.5 Å². The SMILES string of the molecule is COc1ccc(CNC(=O)C2[C@H]3CN(c4ccc(-c5cc(OCC(C)(C)C)cn6ncc(C#N)c56)cn4)C[C@@H]23)cn1. The fraction of sp³-hybridized carbons (Fsp3) is 0.387. The Balaban J connectivity index is 1.11. The second-order valence-electron chi connectivity index (χ2n) is 12.0. The highest BCUT2D eigenvalue weighted by atomic mass is 16.5. The van der Waals surface area contributed by atoms with Crippen LogP contribution in [0.3, 0.4) is 0 Å².